The van der Waals surface area contributed by atoms with Gasteiger partial charge in [-0.15, -0.1) is 23.1 Å². The van der Waals surface area contributed by atoms with Crippen LogP contribution in [0.3, 0.4) is 0 Å². The van der Waals surface area contributed by atoms with Crippen molar-refractivity contribution >= 4 is 39.1 Å². The van der Waals surface area contributed by atoms with Crippen molar-refractivity contribution < 1.29 is 36.2 Å². The molecule has 0 aliphatic carbocycles. The average molecular weight is 630 g/mol. The Morgan fingerprint density at radius 3 is 2.37 bits per heavy atom. The molecule has 0 amide bonds. The Bertz CT molecular complexity index is 1490. The van der Waals surface area contributed by atoms with Gasteiger partial charge < -0.3 is 9.84 Å². The van der Waals surface area contributed by atoms with Crippen LogP contribution in [0, 0.1) is 6.92 Å². The average Bonchev–Trinajstić information content (AvgIpc) is 3.30. The van der Waals surface area contributed by atoms with E-state index in [1.165, 1.54) is 41.0 Å². The number of ether oxygens (including phenoxy) is 1. The summed E-state index contributed by atoms with van der Waals surface area (Å²) in [7, 11) is -3.26. The van der Waals surface area contributed by atoms with Crippen molar-refractivity contribution in [3.8, 4) is 16.3 Å². The Labute approximate surface area is 245 Å². The quantitative estimate of drug-likeness (QED) is 0.300. The van der Waals surface area contributed by atoms with Crippen LogP contribution in [-0.2, 0) is 33.3 Å². The van der Waals surface area contributed by atoms with Gasteiger partial charge in [0.1, 0.15) is 10.8 Å². The largest absolute Gasteiger partial charge is 0.479 e. The third-order valence-corrected chi connectivity index (χ3v) is 10.2. The molecule has 4 rings (SSSR count). The summed E-state index contributed by atoms with van der Waals surface area (Å²) in [5, 5.41) is 9.72. The topological polar surface area (TPSA) is 100 Å². The second-order valence-corrected chi connectivity index (χ2v) is 13.8. The SMILES string of the molecule is Cc1cc(SCc2sc(-c3ccc(C(F)(F)F)cc3)nc2CN2CCN(S(C)(=O)=O)CC2)ccc1OC(C)C(=O)O. The summed E-state index contributed by atoms with van der Waals surface area (Å²) >= 11 is 2.98. The molecule has 222 valence electrons. The smallest absolute Gasteiger partial charge is 0.416 e. The van der Waals surface area contributed by atoms with E-state index < -0.39 is 33.8 Å². The number of thioether (sulfide) groups is 1. The number of carbonyl (C=O) groups is 1. The summed E-state index contributed by atoms with van der Waals surface area (Å²) in [6, 6.07) is 10.4. The molecule has 0 spiro atoms. The molecule has 41 heavy (non-hydrogen) atoms. The zero-order valence-electron chi connectivity index (χ0n) is 22.6. The van der Waals surface area contributed by atoms with Crippen LogP contribution in [0.25, 0.3) is 10.6 Å². The molecule has 1 saturated heterocycles. The molecule has 0 radical (unpaired) electrons. The van der Waals surface area contributed by atoms with Gasteiger partial charge in [0, 0.05) is 53.8 Å². The van der Waals surface area contributed by atoms with Gasteiger partial charge in [-0.05, 0) is 49.7 Å². The Morgan fingerprint density at radius 2 is 1.80 bits per heavy atom. The number of thiazole rings is 1. The van der Waals surface area contributed by atoms with Gasteiger partial charge in [-0.3, -0.25) is 4.90 Å². The molecule has 3 aromatic rings. The molecular weight excluding hydrogens is 600 g/mol. The molecule has 1 N–H and O–H groups in total. The zero-order valence-corrected chi connectivity index (χ0v) is 25.1. The van der Waals surface area contributed by atoms with Crippen LogP contribution in [0.4, 0.5) is 13.2 Å². The number of aliphatic carboxylic acids is 1. The lowest BCUT2D eigenvalue weighted by atomic mass is 10.1. The first-order chi connectivity index (χ1) is 19.2. The fraction of sp³-hybridized carbons (Fsp3) is 0.407. The summed E-state index contributed by atoms with van der Waals surface area (Å²) in [4.78, 5) is 20.0. The van der Waals surface area contributed by atoms with E-state index in [1.807, 2.05) is 19.1 Å². The van der Waals surface area contributed by atoms with Gasteiger partial charge in [0.2, 0.25) is 10.0 Å². The van der Waals surface area contributed by atoms with Crippen LogP contribution in [0.2, 0.25) is 0 Å². The van der Waals surface area contributed by atoms with Gasteiger partial charge in [-0.1, -0.05) is 12.1 Å². The minimum atomic E-state index is -4.42. The van der Waals surface area contributed by atoms with Gasteiger partial charge in [-0.25, -0.2) is 18.2 Å². The van der Waals surface area contributed by atoms with Crippen LogP contribution < -0.4 is 4.74 Å². The molecular formula is C27H30F3N3O5S3. The molecule has 1 aliphatic heterocycles. The van der Waals surface area contributed by atoms with E-state index in [0.717, 1.165) is 33.2 Å². The van der Waals surface area contributed by atoms with E-state index >= 15 is 0 Å². The standard InChI is InChI=1S/C27H30F3N3O5S3/c1-17-14-21(8-9-23(17)38-18(2)26(34)35)39-16-24-22(15-32-10-12-33(13-11-32)41(3,36)37)31-25(40-24)19-4-6-20(7-5-19)27(28,29)30/h4-9,14,18H,10-13,15-16H2,1-3H3,(H,34,35). The molecule has 1 atom stereocenters. The lowest BCUT2D eigenvalue weighted by molar-refractivity contribution is -0.144. The Morgan fingerprint density at radius 1 is 1.15 bits per heavy atom. The van der Waals surface area contributed by atoms with Gasteiger partial charge in [0.15, 0.2) is 6.10 Å². The van der Waals surface area contributed by atoms with Crippen molar-refractivity contribution in [2.75, 3.05) is 32.4 Å². The van der Waals surface area contributed by atoms with Crippen molar-refractivity contribution in [2.45, 2.75) is 43.3 Å². The molecule has 2 heterocycles. The minimum Gasteiger partial charge on any atom is -0.479 e. The zero-order chi connectivity index (χ0) is 29.9. The Kier molecular flexibility index (Phi) is 9.69. The lowest BCUT2D eigenvalue weighted by Crippen LogP contribution is -2.47. The number of nitrogens with zero attached hydrogens (tertiary/aromatic N) is 3. The highest BCUT2D eigenvalue weighted by Gasteiger charge is 2.30. The van der Waals surface area contributed by atoms with Crippen LogP contribution in [0.1, 0.15) is 28.6 Å². The van der Waals surface area contributed by atoms with E-state index in [-0.39, 0.29) is 0 Å². The van der Waals surface area contributed by atoms with E-state index in [1.54, 1.807) is 17.8 Å². The highest BCUT2D eigenvalue weighted by atomic mass is 32.2. The molecule has 2 aromatic carbocycles. The monoisotopic (exact) mass is 629 g/mol. The fourth-order valence-corrected chi connectivity index (χ4v) is 7.21. The van der Waals surface area contributed by atoms with Crippen LogP contribution in [0.5, 0.6) is 5.75 Å². The normalized spacial score (nSPS) is 16.0. The van der Waals surface area contributed by atoms with Crippen molar-refractivity contribution in [2.24, 2.45) is 0 Å². The van der Waals surface area contributed by atoms with Gasteiger partial charge in [0.05, 0.1) is 17.5 Å². The van der Waals surface area contributed by atoms with Gasteiger partial charge in [-0.2, -0.15) is 17.5 Å². The molecule has 1 aromatic heterocycles. The number of carboxylic acid groups (broad SMARTS) is 1. The van der Waals surface area contributed by atoms with Crippen molar-refractivity contribution in [3.05, 3.63) is 64.2 Å². The first-order valence-electron chi connectivity index (χ1n) is 12.7. The third-order valence-electron chi connectivity index (χ3n) is 6.58. The number of rotatable bonds is 10. The van der Waals surface area contributed by atoms with E-state index in [9.17, 15) is 26.4 Å². The van der Waals surface area contributed by atoms with E-state index in [0.29, 0.717) is 54.8 Å². The third kappa shape index (κ3) is 8.22. The maximum absolute atomic E-state index is 13.1. The van der Waals surface area contributed by atoms with Crippen LogP contribution in [0.15, 0.2) is 47.4 Å². The summed E-state index contributed by atoms with van der Waals surface area (Å²) in [6.07, 6.45) is -4.20. The number of aromatic nitrogens is 1. The molecule has 8 nitrogen and oxygen atoms in total. The number of piperazine rings is 1. The molecule has 1 aliphatic rings. The van der Waals surface area contributed by atoms with Crippen molar-refractivity contribution in [1.29, 1.82) is 0 Å². The van der Waals surface area contributed by atoms with Gasteiger partial charge >= 0.3 is 12.1 Å². The number of benzene rings is 2. The predicted octanol–water partition coefficient (Wildman–Crippen LogP) is 5.36. The molecule has 0 saturated carbocycles. The lowest BCUT2D eigenvalue weighted by Gasteiger charge is -2.32. The molecule has 1 fully saturated rings. The first-order valence-corrected chi connectivity index (χ1v) is 16.3. The van der Waals surface area contributed by atoms with Crippen molar-refractivity contribution in [3.63, 3.8) is 0 Å². The molecule has 14 heteroatoms. The van der Waals surface area contributed by atoms with Crippen LogP contribution >= 0.6 is 23.1 Å². The number of aryl methyl sites for hydroxylation is 1. The second-order valence-electron chi connectivity index (χ2n) is 9.72. The number of carboxylic acids is 1. The predicted molar refractivity (Wildman–Crippen MR) is 153 cm³/mol. The number of alkyl halides is 3. The molecule has 0 bridgehead atoms. The summed E-state index contributed by atoms with van der Waals surface area (Å²) in [5.41, 5.74) is 1.46. The van der Waals surface area contributed by atoms with Crippen LogP contribution in [-0.4, -0.2) is 72.2 Å². The highest BCUT2D eigenvalue weighted by molar-refractivity contribution is 7.98. The number of hydrogen-bond acceptors (Lipinski definition) is 8. The Balaban J connectivity index is 1.53. The first kappa shape index (κ1) is 31.3. The van der Waals surface area contributed by atoms with Gasteiger partial charge in [0.25, 0.3) is 0 Å². The second kappa shape index (κ2) is 12.7. The summed E-state index contributed by atoms with van der Waals surface area (Å²) in [6.45, 7) is 5.64. The maximum Gasteiger partial charge on any atom is 0.416 e. The van der Waals surface area contributed by atoms with E-state index in [2.05, 4.69) is 4.90 Å². The number of sulfonamides is 1. The van der Waals surface area contributed by atoms with E-state index in [4.69, 9.17) is 14.8 Å². The number of hydrogen-bond donors (Lipinski definition) is 1. The highest BCUT2D eigenvalue weighted by Crippen LogP contribution is 2.36. The number of halogens is 3. The Hall–Kier alpha value is -2.65. The summed E-state index contributed by atoms with van der Waals surface area (Å²) in [5.74, 6) is -0.00928. The summed E-state index contributed by atoms with van der Waals surface area (Å²) < 4.78 is 69.9. The maximum atomic E-state index is 13.1. The fourth-order valence-electron chi connectivity index (χ4n) is 4.21. The molecule has 1 unspecified atom stereocenters. The minimum absolute atomic E-state index is 0.382. The van der Waals surface area contributed by atoms with Crippen molar-refractivity contribution in [1.82, 2.24) is 14.2 Å².